The summed E-state index contributed by atoms with van der Waals surface area (Å²) in [5.74, 6) is 8.63. The van der Waals surface area contributed by atoms with Crippen LogP contribution in [0.4, 0.5) is 41.1 Å². The number of phenols is 1. The molecule has 0 aromatic heterocycles. The molecule has 0 aliphatic carbocycles. The van der Waals surface area contributed by atoms with Crippen LogP contribution < -0.4 is 34.7 Å². The normalized spacial score (nSPS) is 16.8. The van der Waals surface area contributed by atoms with Crippen LogP contribution in [0.25, 0.3) is 0 Å². The van der Waals surface area contributed by atoms with Crippen LogP contribution in [0.5, 0.6) is 11.5 Å². The van der Waals surface area contributed by atoms with E-state index in [-0.39, 0.29) is 60.6 Å². The largest absolute Gasteiger partial charge is 0.544 e. The fourth-order valence-electron chi connectivity index (χ4n) is 9.07. The zero-order valence-electron chi connectivity index (χ0n) is 49.0. The number of amides is 6. The molecule has 0 radical (unpaired) electrons. The van der Waals surface area contributed by atoms with E-state index in [0.29, 0.717) is 114 Å². The molecule has 4 heterocycles. The molecule has 4 aromatic rings. The first-order chi connectivity index (χ1) is 39.9. The van der Waals surface area contributed by atoms with Crippen molar-refractivity contribution in [2.75, 3.05) is 98.1 Å². The maximum atomic E-state index is 15.0. The van der Waals surface area contributed by atoms with Crippen LogP contribution in [-0.2, 0) is 28.7 Å². The highest BCUT2D eigenvalue weighted by Crippen LogP contribution is 2.37. The Morgan fingerprint density at radius 1 is 0.690 bits per heavy atom. The number of nitrogens with zero attached hydrogens (tertiary/aromatic N) is 6. The van der Waals surface area contributed by atoms with Gasteiger partial charge in [0.25, 0.3) is 0 Å². The average Bonchev–Trinajstić information content (AvgIpc) is 3.51. The number of terminal acetylenes is 1. The highest BCUT2D eigenvalue weighted by Gasteiger charge is 2.39. The zero-order chi connectivity index (χ0) is 61.1. The molecule has 4 aliphatic rings. The van der Waals surface area contributed by atoms with E-state index in [1.165, 1.54) is 39.4 Å². The third kappa shape index (κ3) is 19.5. The molecule has 2 atom stereocenters. The van der Waals surface area contributed by atoms with E-state index < -0.39 is 44.3 Å². The number of hydrogen-bond donors (Lipinski definition) is 3. The number of cyclic esters (lactones) is 2. The Hall–Kier alpha value is -7.57. The third-order valence-corrected chi connectivity index (χ3v) is 19.9. The Morgan fingerprint density at radius 3 is 1.54 bits per heavy atom. The van der Waals surface area contributed by atoms with Crippen LogP contribution in [0.3, 0.4) is 0 Å². The number of halogens is 3. The van der Waals surface area contributed by atoms with Gasteiger partial charge in [-0.3, -0.25) is 29.0 Å². The SMILES string of the molecule is C#CCCCC(=O)N1CCN(c2ccc(N3CC(CNC(C)=O)OC3=O)cc2F)CC1.CC(=O)NCC1CN(c2ccc(N3CCN(C(=O)CCCC#Cc4ccc(O)cc4)CC3)c(F)c2)C(=O)O1.CC(C)(C)[Si](C)(C)Oc1ccc(I)cc1. The van der Waals surface area contributed by atoms with E-state index >= 15 is 4.39 Å². The lowest BCUT2D eigenvalue weighted by molar-refractivity contribution is -0.132. The first kappa shape index (κ1) is 65.6. The lowest BCUT2D eigenvalue weighted by Crippen LogP contribution is -2.49. The van der Waals surface area contributed by atoms with E-state index in [1.807, 2.05) is 9.80 Å². The summed E-state index contributed by atoms with van der Waals surface area (Å²) >= 11 is 2.31. The van der Waals surface area contributed by atoms with E-state index in [4.69, 9.17) is 20.3 Å². The number of nitrogens with one attached hydrogen (secondary N) is 2. The summed E-state index contributed by atoms with van der Waals surface area (Å²) in [4.78, 5) is 81.4. The molecule has 2 unspecified atom stereocenters. The fourth-order valence-corrected chi connectivity index (χ4v) is 10.5. The third-order valence-electron chi connectivity index (χ3n) is 14.8. The molecular weight excluding hydrogens is 1210 g/mol. The second-order valence-electron chi connectivity index (χ2n) is 22.2. The van der Waals surface area contributed by atoms with Crippen molar-refractivity contribution in [3.63, 3.8) is 0 Å². The van der Waals surface area contributed by atoms with Crippen LogP contribution in [0.1, 0.15) is 78.7 Å². The Kier molecular flexibility index (Phi) is 24.1. The molecule has 4 saturated heterocycles. The Bertz CT molecular complexity index is 3040. The first-order valence-electron chi connectivity index (χ1n) is 28.2. The predicted octanol–water partition coefficient (Wildman–Crippen LogP) is 9.28. The topological polar surface area (TPSA) is 194 Å². The number of ether oxygens (including phenoxy) is 2. The first-order valence-corrected chi connectivity index (χ1v) is 32.2. The van der Waals surface area contributed by atoms with Gasteiger partial charge in [0.2, 0.25) is 31.9 Å². The predicted molar refractivity (Wildman–Crippen MR) is 331 cm³/mol. The van der Waals surface area contributed by atoms with E-state index in [1.54, 1.807) is 58.3 Å². The number of anilines is 4. The molecule has 3 N–H and O–H groups in total. The van der Waals surface area contributed by atoms with E-state index in [2.05, 4.69) is 109 Å². The van der Waals surface area contributed by atoms with E-state index in [9.17, 15) is 38.3 Å². The van der Waals surface area contributed by atoms with Gasteiger partial charge in [-0.05, 0) is 138 Å². The van der Waals surface area contributed by atoms with Gasteiger partial charge >= 0.3 is 12.2 Å². The van der Waals surface area contributed by atoms with Crippen molar-refractivity contribution in [2.24, 2.45) is 0 Å². The highest BCUT2D eigenvalue weighted by atomic mass is 127. The number of phenolic OH excluding ortho intramolecular Hbond substituents is 1. The van der Waals surface area contributed by atoms with Gasteiger partial charge in [0.05, 0.1) is 48.9 Å². The van der Waals surface area contributed by atoms with Crippen molar-refractivity contribution in [1.82, 2.24) is 20.4 Å². The van der Waals surface area contributed by atoms with Gasteiger partial charge < -0.3 is 49.2 Å². The molecule has 22 heteroatoms. The number of rotatable bonds is 16. The van der Waals surface area contributed by atoms with Gasteiger partial charge in [0.1, 0.15) is 35.3 Å². The standard InChI is InChI=1S/C28H31FN4O5.C22H27FN4O4.C12H19IOSi/c1-20(34)30-18-24-19-33(28(37)38-24)22-9-12-26(25(29)17-22)31-13-15-32(16-14-31)27(36)6-4-2-3-5-21-7-10-23(35)11-8-21;1-3-4-5-6-21(29)26-11-9-25(10-12-26)20-8-7-17(13-19(20)23)27-15-18(31-22(27)30)14-24-16(2)28;1-12(2,3)15(4,5)14-11-8-6-10(13)7-9-11/h7-12,17,24,35H,2,4,6,13-16,18-19H2,1H3,(H,30,34);1,7-8,13,18H,4-6,9-12,14-15H2,2H3,(H,24,28);6-9H,1-5H3. The fraction of sp³-hybridized carbons (Fsp3) is 0.452. The molecule has 18 nitrogen and oxygen atoms in total. The summed E-state index contributed by atoms with van der Waals surface area (Å²) in [5.41, 5.74) is 2.47. The Labute approximate surface area is 506 Å². The number of hydrogen-bond acceptors (Lipinski definition) is 12. The lowest BCUT2D eigenvalue weighted by Gasteiger charge is -2.36. The maximum absolute atomic E-state index is 15.0. The summed E-state index contributed by atoms with van der Waals surface area (Å²) in [6.07, 6.45) is 6.45. The number of unbranched alkanes of at least 4 members (excludes halogenated alkanes) is 2. The smallest absolute Gasteiger partial charge is 0.414 e. The molecular formula is C62H77F2IN8O10Si. The molecule has 6 amide bonds. The van der Waals surface area contributed by atoms with Crippen LogP contribution in [0.2, 0.25) is 18.1 Å². The van der Waals surface area contributed by atoms with E-state index in [0.717, 1.165) is 11.3 Å². The lowest BCUT2D eigenvalue weighted by atomic mass is 10.1. The van der Waals surface area contributed by atoms with Gasteiger partial charge in [0, 0.05) is 101 Å². The van der Waals surface area contributed by atoms with Gasteiger partial charge in [-0.15, -0.1) is 12.3 Å². The molecule has 0 bridgehead atoms. The molecule has 4 aliphatic heterocycles. The summed E-state index contributed by atoms with van der Waals surface area (Å²) in [6, 6.07) is 24.2. The van der Waals surface area contributed by atoms with Gasteiger partial charge in [-0.25, -0.2) is 18.4 Å². The van der Waals surface area contributed by atoms with Crippen LogP contribution in [-0.4, -0.2) is 150 Å². The van der Waals surface area contributed by atoms with Crippen LogP contribution in [0.15, 0.2) is 84.9 Å². The summed E-state index contributed by atoms with van der Waals surface area (Å²) in [7, 11) is -1.67. The molecule has 450 valence electrons. The second kappa shape index (κ2) is 30.8. The number of piperazine rings is 2. The molecule has 4 aromatic carbocycles. The van der Waals surface area contributed by atoms with Crippen LogP contribution in [0, 0.1) is 39.4 Å². The molecule has 0 saturated carbocycles. The van der Waals surface area contributed by atoms with Crippen molar-refractivity contribution < 1.29 is 56.6 Å². The minimum absolute atomic E-state index is 0.0632. The summed E-state index contributed by atoms with van der Waals surface area (Å²) in [6.45, 7) is 19.1. The summed E-state index contributed by atoms with van der Waals surface area (Å²) < 4.78 is 47.7. The van der Waals surface area contributed by atoms with Crippen LogP contribution >= 0.6 is 22.6 Å². The molecule has 84 heavy (non-hydrogen) atoms. The number of benzene rings is 4. The van der Waals surface area contributed by atoms with Crippen molar-refractivity contribution in [3.8, 4) is 35.7 Å². The zero-order valence-corrected chi connectivity index (χ0v) is 52.1. The number of carbonyl (C=O) groups excluding carboxylic acids is 6. The minimum atomic E-state index is -1.67. The van der Waals surface area contributed by atoms with Gasteiger partial charge in [-0.1, -0.05) is 32.6 Å². The van der Waals surface area contributed by atoms with Crippen molar-refractivity contribution >= 4 is 89.5 Å². The quantitative estimate of drug-likeness (QED) is 0.0417. The number of aromatic hydroxyl groups is 1. The van der Waals surface area contributed by atoms with Crippen molar-refractivity contribution in [1.29, 1.82) is 0 Å². The van der Waals surface area contributed by atoms with Crippen molar-refractivity contribution in [2.45, 2.75) is 103 Å². The second-order valence-corrected chi connectivity index (χ2v) is 28.2. The summed E-state index contributed by atoms with van der Waals surface area (Å²) in [5, 5.41) is 14.8. The number of carbonyl (C=O) groups is 6. The Balaban J connectivity index is 0.000000220. The molecule has 8 rings (SSSR count). The highest BCUT2D eigenvalue weighted by molar-refractivity contribution is 14.1. The molecule has 0 spiro atoms. The average molecular weight is 1290 g/mol. The maximum Gasteiger partial charge on any atom is 0.414 e. The van der Waals surface area contributed by atoms with Gasteiger partial charge in [0.15, 0.2) is 0 Å². The van der Waals surface area contributed by atoms with Crippen molar-refractivity contribution in [3.05, 3.63) is 106 Å². The minimum Gasteiger partial charge on any atom is -0.544 e. The Morgan fingerprint density at radius 2 is 1.13 bits per heavy atom. The monoisotopic (exact) mass is 1290 g/mol. The molecule has 4 fully saturated rings. The van der Waals surface area contributed by atoms with Gasteiger partial charge in [-0.2, -0.15) is 0 Å².